The molecule has 1 N–H and O–H groups in total. The molecule has 1 aromatic carbocycles. The minimum absolute atomic E-state index is 0.119. The second-order valence-electron chi connectivity index (χ2n) is 6.78. The lowest BCUT2D eigenvalue weighted by Crippen LogP contribution is -2.09. The van der Waals surface area contributed by atoms with E-state index < -0.39 is 0 Å². The molecule has 0 aliphatic rings. The maximum atomic E-state index is 11.1. The van der Waals surface area contributed by atoms with Crippen molar-refractivity contribution in [1.82, 2.24) is 0 Å². The average molecular weight is 428 g/mol. The van der Waals surface area contributed by atoms with Crippen LogP contribution in [0, 0.1) is 0 Å². The number of nitrogens with one attached hydrogen (secondary N) is 1. The van der Waals surface area contributed by atoms with Crippen molar-refractivity contribution in [3.63, 3.8) is 0 Å². The minimum Gasteiger partial charge on any atom is -0.494 e. The first-order valence-electron chi connectivity index (χ1n) is 10.5. The first-order chi connectivity index (χ1) is 14.1. The Labute approximate surface area is 181 Å². The van der Waals surface area contributed by atoms with Crippen LogP contribution < -0.4 is 10.1 Å². The predicted molar refractivity (Wildman–Crippen MR) is 120 cm³/mol. The highest BCUT2D eigenvalue weighted by molar-refractivity contribution is 7.81. The lowest BCUT2D eigenvalue weighted by atomic mass is 10.3. The number of hydrogen-bond acceptors (Lipinski definition) is 7. The van der Waals surface area contributed by atoms with Crippen LogP contribution in [0.5, 0.6) is 5.75 Å². The van der Waals surface area contributed by atoms with Crippen LogP contribution in [0.15, 0.2) is 24.3 Å². The van der Waals surface area contributed by atoms with Crippen LogP contribution in [0.4, 0.5) is 5.69 Å². The van der Waals surface area contributed by atoms with E-state index >= 15 is 0 Å². The molecule has 7 heteroatoms. The number of carbonyl (C=O) groups excluding carboxylic acids is 1. The molecule has 1 atom stereocenters. The zero-order valence-electron chi connectivity index (χ0n) is 17.9. The summed E-state index contributed by atoms with van der Waals surface area (Å²) >= 11 is 4.30. The molecular formula is C22H37NO5S. The van der Waals surface area contributed by atoms with Crippen LogP contribution in [0.2, 0.25) is 0 Å². The molecule has 166 valence electrons. The van der Waals surface area contributed by atoms with Gasteiger partial charge < -0.3 is 24.3 Å². The van der Waals surface area contributed by atoms with Crippen molar-refractivity contribution in [2.24, 2.45) is 0 Å². The third-order valence-corrected chi connectivity index (χ3v) is 4.12. The molecule has 0 spiro atoms. The van der Waals surface area contributed by atoms with Crippen molar-refractivity contribution >= 4 is 24.1 Å². The number of anilines is 1. The Bertz CT molecular complexity index is 524. The summed E-state index contributed by atoms with van der Waals surface area (Å²) in [6.07, 6.45) is 4.19. The van der Waals surface area contributed by atoms with Crippen molar-refractivity contribution in [2.75, 3.05) is 51.6 Å². The molecule has 0 saturated carbocycles. The van der Waals surface area contributed by atoms with E-state index in [0.29, 0.717) is 32.8 Å². The molecular weight excluding hydrogens is 390 g/mol. The van der Waals surface area contributed by atoms with Gasteiger partial charge in [0.25, 0.3) is 0 Å². The number of benzene rings is 1. The molecule has 1 aromatic rings. The molecule has 6 nitrogen and oxygen atoms in total. The molecule has 0 saturated heterocycles. The predicted octanol–water partition coefficient (Wildman–Crippen LogP) is 4.34. The average Bonchev–Trinajstić information content (AvgIpc) is 2.71. The Kier molecular flexibility index (Phi) is 15.6. The van der Waals surface area contributed by atoms with E-state index in [1.54, 1.807) is 0 Å². The molecule has 0 bridgehead atoms. The highest BCUT2D eigenvalue weighted by Gasteiger charge is 1.99. The first-order valence-corrected chi connectivity index (χ1v) is 11.1. The zero-order chi connectivity index (χ0) is 21.2. The van der Waals surface area contributed by atoms with Crippen molar-refractivity contribution in [3.8, 4) is 5.75 Å². The van der Waals surface area contributed by atoms with E-state index in [9.17, 15) is 4.79 Å². The van der Waals surface area contributed by atoms with E-state index in [2.05, 4.69) is 17.9 Å². The van der Waals surface area contributed by atoms with Crippen LogP contribution in [0.3, 0.4) is 0 Å². The number of rotatable bonds is 19. The molecule has 0 aliphatic heterocycles. The Hall–Kier alpha value is -1.28. The van der Waals surface area contributed by atoms with Crippen molar-refractivity contribution in [3.05, 3.63) is 24.3 Å². The third-order valence-electron chi connectivity index (χ3n) is 3.99. The number of hydrogen-bond donors (Lipinski definition) is 2. The third kappa shape index (κ3) is 15.3. The van der Waals surface area contributed by atoms with Gasteiger partial charge in [-0.05, 0) is 50.5 Å². The molecule has 0 aromatic heterocycles. The SMILES string of the molecule is CCC(=O)COCCCOCCCCOCCCOc1ccc(NC(C)S)cc1. The summed E-state index contributed by atoms with van der Waals surface area (Å²) in [5, 5.41) is 3.34. The molecule has 0 fully saturated rings. The second-order valence-corrected chi connectivity index (χ2v) is 7.55. The van der Waals surface area contributed by atoms with Gasteiger partial charge in [0.15, 0.2) is 5.78 Å². The van der Waals surface area contributed by atoms with E-state index in [-0.39, 0.29) is 17.8 Å². The summed E-state index contributed by atoms with van der Waals surface area (Å²) in [6.45, 7) is 8.11. The Morgan fingerprint density at radius 1 is 0.897 bits per heavy atom. The fourth-order valence-corrected chi connectivity index (χ4v) is 2.55. The van der Waals surface area contributed by atoms with Gasteiger partial charge in [-0.15, -0.1) is 0 Å². The normalized spacial score (nSPS) is 12.0. The number of Topliss-reactive ketones (excluding diaryl/α,β-unsaturated/α-hetero) is 1. The highest BCUT2D eigenvalue weighted by Crippen LogP contribution is 2.17. The van der Waals surface area contributed by atoms with E-state index in [1.165, 1.54) is 0 Å². The van der Waals surface area contributed by atoms with Crippen molar-refractivity contribution in [1.29, 1.82) is 0 Å². The standard InChI is InChI=1S/C22H37NO5S/c1-3-21(24)18-27-16-6-14-25-12-4-5-13-26-15-7-17-28-22-10-8-20(9-11-22)23-19(2)29/h8-11,19,23,29H,3-7,12-18H2,1-2H3. The highest BCUT2D eigenvalue weighted by atomic mass is 32.1. The lowest BCUT2D eigenvalue weighted by Gasteiger charge is -2.11. The first kappa shape index (κ1) is 25.8. The van der Waals surface area contributed by atoms with Gasteiger partial charge in [-0.3, -0.25) is 4.79 Å². The molecule has 0 radical (unpaired) electrons. The van der Waals surface area contributed by atoms with Gasteiger partial charge in [0.2, 0.25) is 0 Å². The summed E-state index contributed by atoms with van der Waals surface area (Å²) < 4.78 is 22.1. The topological polar surface area (TPSA) is 66.0 Å². The van der Waals surface area contributed by atoms with Crippen LogP contribution in [0.25, 0.3) is 0 Å². The Balaban J connectivity index is 1.83. The van der Waals surface area contributed by atoms with Gasteiger partial charge in [0, 0.05) is 51.6 Å². The molecule has 1 unspecified atom stereocenters. The number of ether oxygens (including phenoxy) is 4. The number of thiol groups is 1. The van der Waals surface area contributed by atoms with Gasteiger partial charge in [-0.1, -0.05) is 6.92 Å². The molecule has 0 amide bonds. The van der Waals surface area contributed by atoms with E-state index in [0.717, 1.165) is 50.3 Å². The molecule has 0 aliphatic carbocycles. The van der Waals surface area contributed by atoms with Crippen molar-refractivity contribution in [2.45, 2.75) is 51.3 Å². The largest absolute Gasteiger partial charge is 0.494 e. The quantitative estimate of drug-likeness (QED) is 0.194. The molecule has 1 rings (SSSR count). The van der Waals surface area contributed by atoms with E-state index in [1.807, 2.05) is 38.1 Å². The Morgan fingerprint density at radius 3 is 2.03 bits per heavy atom. The van der Waals surface area contributed by atoms with Crippen molar-refractivity contribution < 1.29 is 23.7 Å². The summed E-state index contributed by atoms with van der Waals surface area (Å²) in [5.41, 5.74) is 1.03. The number of ketones is 1. The molecule has 29 heavy (non-hydrogen) atoms. The van der Waals surface area contributed by atoms with Crippen LogP contribution in [0.1, 0.15) is 46.0 Å². The Morgan fingerprint density at radius 2 is 1.45 bits per heavy atom. The summed E-state index contributed by atoms with van der Waals surface area (Å²) in [4.78, 5) is 11.1. The maximum absolute atomic E-state index is 11.1. The summed E-state index contributed by atoms with van der Waals surface area (Å²) in [7, 11) is 0. The van der Waals surface area contributed by atoms with Gasteiger partial charge in [-0.25, -0.2) is 0 Å². The van der Waals surface area contributed by atoms with Gasteiger partial charge in [0.05, 0.1) is 12.0 Å². The summed E-state index contributed by atoms with van der Waals surface area (Å²) in [5.74, 6) is 1.00. The lowest BCUT2D eigenvalue weighted by molar-refractivity contribution is -0.123. The van der Waals surface area contributed by atoms with E-state index in [4.69, 9.17) is 18.9 Å². The van der Waals surface area contributed by atoms with Gasteiger partial charge in [0.1, 0.15) is 12.4 Å². The number of carbonyl (C=O) groups is 1. The number of unbranched alkanes of at least 4 members (excludes halogenated alkanes) is 1. The molecule has 0 heterocycles. The van der Waals surface area contributed by atoms with Crippen LogP contribution >= 0.6 is 12.6 Å². The van der Waals surface area contributed by atoms with Gasteiger partial charge >= 0.3 is 0 Å². The maximum Gasteiger partial charge on any atom is 0.158 e. The minimum atomic E-state index is 0.119. The van der Waals surface area contributed by atoms with Gasteiger partial charge in [-0.2, -0.15) is 12.6 Å². The second kappa shape index (κ2) is 17.6. The monoisotopic (exact) mass is 427 g/mol. The van der Waals surface area contributed by atoms with Crippen LogP contribution in [-0.2, 0) is 19.0 Å². The zero-order valence-corrected chi connectivity index (χ0v) is 18.8. The fraction of sp³-hybridized carbons (Fsp3) is 0.682. The fourth-order valence-electron chi connectivity index (χ4n) is 2.40. The summed E-state index contributed by atoms with van der Waals surface area (Å²) in [6, 6.07) is 7.88. The smallest absolute Gasteiger partial charge is 0.158 e. The van der Waals surface area contributed by atoms with Crippen LogP contribution in [-0.4, -0.2) is 57.4 Å².